The molecule has 8 heteroatoms. The van der Waals surface area contributed by atoms with Crippen molar-refractivity contribution < 1.29 is 23.9 Å². The fraction of sp³-hybridized carbons (Fsp3) is 0.348. The lowest BCUT2D eigenvalue weighted by molar-refractivity contribution is -0.133. The third-order valence-electron chi connectivity index (χ3n) is 5.17. The number of amides is 4. The highest BCUT2D eigenvalue weighted by Crippen LogP contribution is 2.32. The third kappa shape index (κ3) is 4.47. The molecule has 2 aromatic rings. The van der Waals surface area contributed by atoms with Gasteiger partial charge in [-0.2, -0.15) is 0 Å². The summed E-state index contributed by atoms with van der Waals surface area (Å²) in [6, 6.07) is 11.7. The Bertz CT molecular complexity index is 1010. The fourth-order valence-electron chi connectivity index (χ4n) is 3.47. The zero-order valence-electron chi connectivity index (χ0n) is 18.2. The summed E-state index contributed by atoms with van der Waals surface area (Å²) in [6.45, 7) is 5.58. The SMILES string of the molecule is CCCOc1ccccc1NC(=O)CN1C(=O)NC(C)(c2ccc(OC)c(C)c2)C1=O. The first-order valence-electron chi connectivity index (χ1n) is 10.1. The van der Waals surface area contributed by atoms with E-state index >= 15 is 0 Å². The Hall–Kier alpha value is -3.55. The van der Waals surface area contributed by atoms with E-state index in [0.717, 1.165) is 16.9 Å². The first-order valence-corrected chi connectivity index (χ1v) is 10.1. The molecule has 0 spiro atoms. The number of methoxy groups -OCH3 is 1. The van der Waals surface area contributed by atoms with Crippen LogP contribution in [0.1, 0.15) is 31.4 Å². The van der Waals surface area contributed by atoms with Crippen LogP contribution in [0, 0.1) is 6.92 Å². The number of aryl methyl sites for hydroxylation is 1. The van der Waals surface area contributed by atoms with Crippen LogP contribution in [0.3, 0.4) is 0 Å². The minimum atomic E-state index is -1.27. The molecule has 2 aromatic carbocycles. The number of para-hydroxylation sites is 2. The van der Waals surface area contributed by atoms with E-state index in [9.17, 15) is 14.4 Å². The van der Waals surface area contributed by atoms with Crippen LogP contribution in [0.2, 0.25) is 0 Å². The van der Waals surface area contributed by atoms with Gasteiger partial charge in [0, 0.05) is 0 Å². The van der Waals surface area contributed by atoms with Crippen LogP contribution in [0.4, 0.5) is 10.5 Å². The van der Waals surface area contributed by atoms with Crippen LogP contribution in [-0.2, 0) is 15.1 Å². The highest BCUT2D eigenvalue weighted by Gasteiger charge is 2.49. The van der Waals surface area contributed by atoms with Crippen LogP contribution in [-0.4, -0.2) is 43.0 Å². The number of carbonyl (C=O) groups excluding carboxylic acids is 3. The molecule has 0 bridgehead atoms. The molecule has 4 amide bonds. The van der Waals surface area contributed by atoms with Gasteiger partial charge in [-0.15, -0.1) is 0 Å². The first-order chi connectivity index (χ1) is 14.8. The largest absolute Gasteiger partial charge is 0.496 e. The van der Waals surface area contributed by atoms with Gasteiger partial charge in [-0.1, -0.05) is 25.1 Å². The molecule has 1 unspecified atom stereocenters. The number of imide groups is 1. The number of hydrogen-bond acceptors (Lipinski definition) is 5. The van der Waals surface area contributed by atoms with Gasteiger partial charge in [0.05, 0.1) is 19.4 Å². The molecule has 0 radical (unpaired) electrons. The molecule has 164 valence electrons. The fourth-order valence-corrected chi connectivity index (χ4v) is 3.47. The van der Waals surface area contributed by atoms with E-state index in [0.29, 0.717) is 29.4 Å². The average Bonchev–Trinajstić information content (AvgIpc) is 2.97. The predicted molar refractivity (Wildman–Crippen MR) is 116 cm³/mol. The smallest absolute Gasteiger partial charge is 0.325 e. The molecular formula is C23H27N3O5. The Balaban J connectivity index is 1.74. The summed E-state index contributed by atoms with van der Waals surface area (Å²) in [5.74, 6) is 0.233. The van der Waals surface area contributed by atoms with Gasteiger partial charge in [-0.05, 0) is 55.7 Å². The summed E-state index contributed by atoms with van der Waals surface area (Å²) in [4.78, 5) is 39.2. The number of hydrogen-bond donors (Lipinski definition) is 2. The molecular weight excluding hydrogens is 398 g/mol. The Kier molecular flexibility index (Phi) is 6.48. The molecule has 8 nitrogen and oxygen atoms in total. The lowest BCUT2D eigenvalue weighted by Crippen LogP contribution is -2.42. The van der Waals surface area contributed by atoms with Gasteiger partial charge in [0.15, 0.2) is 0 Å². The van der Waals surface area contributed by atoms with Gasteiger partial charge < -0.3 is 20.1 Å². The average molecular weight is 425 g/mol. The van der Waals surface area contributed by atoms with Crippen molar-refractivity contribution >= 4 is 23.5 Å². The predicted octanol–water partition coefficient (Wildman–Crippen LogP) is 3.20. The van der Waals surface area contributed by atoms with Crippen molar-refractivity contribution in [3.63, 3.8) is 0 Å². The summed E-state index contributed by atoms with van der Waals surface area (Å²) in [6.07, 6.45) is 0.828. The quantitative estimate of drug-likeness (QED) is 0.633. The molecule has 0 aromatic heterocycles. The number of urea groups is 1. The standard InChI is InChI=1S/C23H27N3O5/c1-5-12-31-19-9-7-6-8-17(19)24-20(27)14-26-21(28)23(3,25-22(26)29)16-10-11-18(30-4)15(2)13-16/h6-11,13H,5,12,14H2,1-4H3,(H,24,27)(H,25,29). The summed E-state index contributed by atoms with van der Waals surface area (Å²) in [7, 11) is 1.57. The number of nitrogens with zero attached hydrogens (tertiary/aromatic N) is 1. The van der Waals surface area contributed by atoms with Gasteiger partial charge >= 0.3 is 6.03 Å². The van der Waals surface area contributed by atoms with Crippen LogP contribution >= 0.6 is 0 Å². The number of rotatable bonds is 8. The number of nitrogens with one attached hydrogen (secondary N) is 2. The van der Waals surface area contributed by atoms with E-state index in [-0.39, 0.29) is 0 Å². The molecule has 1 aliphatic heterocycles. The molecule has 2 N–H and O–H groups in total. The van der Waals surface area contributed by atoms with E-state index in [4.69, 9.17) is 9.47 Å². The summed E-state index contributed by atoms with van der Waals surface area (Å²) in [5, 5.41) is 5.44. The molecule has 1 saturated heterocycles. The van der Waals surface area contributed by atoms with E-state index < -0.39 is 29.9 Å². The van der Waals surface area contributed by atoms with Crippen LogP contribution in [0.15, 0.2) is 42.5 Å². The van der Waals surface area contributed by atoms with E-state index in [1.165, 1.54) is 0 Å². The number of benzene rings is 2. The molecule has 1 atom stereocenters. The van der Waals surface area contributed by atoms with Crippen molar-refractivity contribution in [3.05, 3.63) is 53.6 Å². The lowest BCUT2D eigenvalue weighted by Gasteiger charge is -2.23. The topological polar surface area (TPSA) is 97.0 Å². The van der Waals surface area contributed by atoms with E-state index in [1.807, 2.05) is 13.8 Å². The van der Waals surface area contributed by atoms with E-state index in [2.05, 4.69) is 10.6 Å². The Labute approximate surface area is 181 Å². The highest BCUT2D eigenvalue weighted by atomic mass is 16.5. The molecule has 0 saturated carbocycles. The number of anilines is 1. The monoisotopic (exact) mass is 425 g/mol. The normalized spacial score (nSPS) is 18.0. The minimum Gasteiger partial charge on any atom is -0.496 e. The van der Waals surface area contributed by atoms with Crippen molar-refractivity contribution in [2.75, 3.05) is 25.6 Å². The first kappa shape index (κ1) is 22.1. The zero-order valence-corrected chi connectivity index (χ0v) is 18.2. The summed E-state index contributed by atoms with van der Waals surface area (Å²) >= 11 is 0. The van der Waals surface area contributed by atoms with Crippen LogP contribution < -0.4 is 20.1 Å². The second-order valence-electron chi connectivity index (χ2n) is 7.52. The molecule has 3 rings (SSSR count). The molecule has 0 aliphatic carbocycles. The molecule has 1 heterocycles. The van der Waals surface area contributed by atoms with Gasteiger partial charge in [-0.3, -0.25) is 14.5 Å². The van der Waals surface area contributed by atoms with Crippen LogP contribution in [0.5, 0.6) is 11.5 Å². The molecule has 31 heavy (non-hydrogen) atoms. The maximum Gasteiger partial charge on any atom is 0.325 e. The van der Waals surface area contributed by atoms with Crippen molar-refractivity contribution in [3.8, 4) is 11.5 Å². The van der Waals surface area contributed by atoms with Gasteiger partial charge in [0.1, 0.15) is 23.6 Å². The number of ether oxygens (including phenoxy) is 2. The second-order valence-corrected chi connectivity index (χ2v) is 7.52. The minimum absolute atomic E-state index is 0.405. The second kappa shape index (κ2) is 9.07. The van der Waals surface area contributed by atoms with Crippen molar-refractivity contribution in [1.29, 1.82) is 0 Å². The third-order valence-corrected chi connectivity index (χ3v) is 5.17. The maximum atomic E-state index is 13.1. The van der Waals surface area contributed by atoms with Gasteiger partial charge in [0.25, 0.3) is 5.91 Å². The molecule has 1 aliphatic rings. The van der Waals surface area contributed by atoms with Crippen LogP contribution in [0.25, 0.3) is 0 Å². The summed E-state index contributed by atoms with van der Waals surface area (Å²) in [5.41, 5.74) is 0.673. The van der Waals surface area contributed by atoms with E-state index in [1.54, 1.807) is 56.5 Å². The Morgan fingerprint density at radius 3 is 2.58 bits per heavy atom. The molecule has 1 fully saturated rings. The lowest BCUT2D eigenvalue weighted by atomic mass is 9.90. The van der Waals surface area contributed by atoms with Gasteiger partial charge in [0.2, 0.25) is 5.91 Å². The van der Waals surface area contributed by atoms with Crippen molar-refractivity contribution in [2.45, 2.75) is 32.7 Å². The summed E-state index contributed by atoms with van der Waals surface area (Å²) < 4.78 is 10.9. The number of carbonyl (C=O) groups is 3. The zero-order chi connectivity index (χ0) is 22.6. The Morgan fingerprint density at radius 2 is 1.90 bits per heavy atom. The van der Waals surface area contributed by atoms with Crippen molar-refractivity contribution in [2.24, 2.45) is 0 Å². The van der Waals surface area contributed by atoms with Gasteiger partial charge in [-0.25, -0.2) is 4.79 Å². The highest BCUT2D eigenvalue weighted by molar-refractivity contribution is 6.10. The maximum absolute atomic E-state index is 13.1. The van der Waals surface area contributed by atoms with Crippen molar-refractivity contribution in [1.82, 2.24) is 10.2 Å². The Morgan fingerprint density at radius 1 is 1.16 bits per heavy atom.